The van der Waals surface area contributed by atoms with Crippen LogP contribution < -0.4 is 5.32 Å². The van der Waals surface area contributed by atoms with Gasteiger partial charge in [0.15, 0.2) is 0 Å². The number of nitrogens with zero attached hydrogens (tertiary/aromatic N) is 1. The van der Waals surface area contributed by atoms with Crippen LogP contribution >= 0.6 is 0 Å². The van der Waals surface area contributed by atoms with Crippen molar-refractivity contribution in [2.75, 3.05) is 20.6 Å². The molecule has 1 aromatic rings. The molecule has 1 aromatic carbocycles. The van der Waals surface area contributed by atoms with Crippen molar-refractivity contribution in [1.29, 1.82) is 0 Å². The summed E-state index contributed by atoms with van der Waals surface area (Å²) in [4.78, 5) is 2.47. The second kappa shape index (κ2) is 6.73. The molecule has 2 nitrogen and oxygen atoms in total. The Labute approximate surface area is 124 Å². The molecular weight excluding hydrogens is 244 g/mol. The standard InChI is InChI=1S/C18H30N2/c1-5-19-17(16-9-7-6-8-10-16)18(20(3)4)13-11-15(2)12-14-18/h6-10,15,17,19H,5,11-14H2,1-4H3. The van der Waals surface area contributed by atoms with Gasteiger partial charge in [0, 0.05) is 5.54 Å². The third-order valence-electron chi connectivity index (χ3n) is 5.11. The minimum absolute atomic E-state index is 0.254. The molecule has 1 aliphatic rings. The smallest absolute Gasteiger partial charge is 0.0506 e. The fourth-order valence-corrected chi connectivity index (χ4v) is 3.72. The molecule has 0 amide bonds. The average molecular weight is 274 g/mol. The first-order valence-electron chi connectivity index (χ1n) is 8.06. The van der Waals surface area contributed by atoms with Crippen molar-refractivity contribution in [2.24, 2.45) is 5.92 Å². The van der Waals surface area contributed by atoms with Crippen LogP contribution in [0, 0.1) is 5.92 Å². The Hall–Kier alpha value is -0.860. The number of likely N-dealkylation sites (N-methyl/N-ethyl adjacent to an activating group) is 2. The number of hydrogen-bond acceptors (Lipinski definition) is 2. The molecule has 1 aliphatic carbocycles. The predicted octanol–water partition coefficient (Wildman–Crippen LogP) is 3.85. The number of hydrogen-bond donors (Lipinski definition) is 1. The fraction of sp³-hybridized carbons (Fsp3) is 0.667. The van der Waals surface area contributed by atoms with Crippen molar-refractivity contribution in [3.63, 3.8) is 0 Å². The van der Waals surface area contributed by atoms with E-state index < -0.39 is 0 Å². The van der Waals surface area contributed by atoms with E-state index in [0.717, 1.165) is 12.5 Å². The fourth-order valence-electron chi connectivity index (χ4n) is 3.72. The van der Waals surface area contributed by atoms with E-state index in [0.29, 0.717) is 6.04 Å². The molecule has 1 atom stereocenters. The number of nitrogens with one attached hydrogen (secondary N) is 1. The summed E-state index contributed by atoms with van der Waals surface area (Å²) in [6.07, 6.45) is 5.25. The molecule has 2 heteroatoms. The Bertz CT molecular complexity index is 391. The van der Waals surface area contributed by atoms with E-state index in [1.54, 1.807) is 0 Å². The second-order valence-corrected chi connectivity index (χ2v) is 6.58. The van der Waals surface area contributed by atoms with Gasteiger partial charge in [-0.2, -0.15) is 0 Å². The maximum atomic E-state index is 3.76. The van der Waals surface area contributed by atoms with Gasteiger partial charge in [-0.05, 0) is 57.8 Å². The summed E-state index contributed by atoms with van der Waals surface area (Å²) >= 11 is 0. The van der Waals surface area contributed by atoms with Crippen LogP contribution in [0.2, 0.25) is 0 Å². The van der Waals surface area contributed by atoms with E-state index in [-0.39, 0.29) is 5.54 Å². The summed E-state index contributed by atoms with van der Waals surface area (Å²) in [5, 5.41) is 3.76. The van der Waals surface area contributed by atoms with Crippen molar-refractivity contribution >= 4 is 0 Å². The molecule has 112 valence electrons. The van der Waals surface area contributed by atoms with E-state index >= 15 is 0 Å². The van der Waals surface area contributed by atoms with Gasteiger partial charge >= 0.3 is 0 Å². The first kappa shape index (κ1) is 15.5. The first-order chi connectivity index (χ1) is 9.60. The second-order valence-electron chi connectivity index (χ2n) is 6.58. The summed E-state index contributed by atoms with van der Waals surface area (Å²) in [6, 6.07) is 11.4. The summed E-state index contributed by atoms with van der Waals surface area (Å²) in [5.74, 6) is 0.876. The lowest BCUT2D eigenvalue weighted by atomic mass is 9.70. The van der Waals surface area contributed by atoms with Crippen LogP contribution in [-0.4, -0.2) is 31.1 Å². The van der Waals surface area contributed by atoms with Gasteiger partial charge in [0.2, 0.25) is 0 Å². The lowest BCUT2D eigenvalue weighted by Crippen LogP contribution is -2.55. The molecule has 1 unspecified atom stereocenters. The van der Waals surface area contributed by atoms with Crippen LogP contribution in [0.15, 0.2) is 30.3 Å². The van der Waals surface area contributed by atoms with Crippen molar-refractivity contribution in [1.82, 2.24) is 10.2 Å². The van der Waals surface area contributed by atoms with E-state index in [2.05, 4.69) is 68.5 Å². The van der Waals surface area contributed by atoms with Crippen molar-refractivity contribution in [3.05, 3.63) is 35.9 Å². The minimum atomic E-state index is 0.254. The predicted molar refractivity (Wildman–Crippen MR) is 86.9 cm³/mol. The highest BCUT2D eigenvalue weighted by molar-refractivity contribution is 5.24. The molecule has 0 aliphatic heterocycles. The zero-order chi connectivity index (χ0) is 14.6. The first-order valence-corrected chi connectivity index (χ1v) is 8.06. The molecule has 1 fully saturated rings. The van der Waals surface area contributed by atoms with Crippen LogP contribution in [0.3, 0.4) is 0 Å². The molecule has 0 aromatic heterocycles. The van der Waals surface area contributed by atoms with Gasteiger partial charge in [0.05, 0.1) is 6.04 Å². The monoisotopic (exact) mass is 274 g/mol. The Morgan fingerprint density at radius 1 is 1.20 bits per heavy atom. The zero-order valence-electron chi connectivity index (χ0n) is 13.5. The van der Waals surface area contributed by atoms with Crippen LogP contribution in [0.25, 0.3) is 0 Å². The maximum absolute atomic E-state index is 3.76. The Balaban J connectivity index is 2.33. The summed E-state index contributed by atoms with van der Waals surface area (Å²) < 4.78 is 0. The minimum Gasteiger partial charge on any atom is -0.309 e. The maximum Gasteiger partial charge on any atom is 0.0506 e. The third-order valence-corrected chi connectivity index (χ3v) is 5.11. The normalized spacial score (nSPS) is 28.6. The SMILES string of the molecule is CCNC(c1ccccc1)C1(N(C)C)CCC(C)CC1. The lowest BCUT2D eigenvalue weighted by molar-refractivity contribution is 0.0434. The highest BCUT2D eigenvalue weighted by atomic mass is 15.2. The van der Waals surface area contributed by atoms with Crippen LogP contribution in [0.5, 0.6) is 0 Å². The van der Waals surface area contributed by atoms with Gasteiger partial charge in [-0.25, -0.2) is 0 Å². The largest absolute Gasteiger partial charge is 0.309 e. The van der Waals surface area contributed by atoms with E-state index in [4.69, 9.17) is 0 Å². The quantitative estimate of drug-likeness (QED) is 0.877. The molecule has 20 heavy (non-hydrogen) atoms. The molecule has 0 bridgehead atoms. The summed E-state index contributed by atoms with van der Waals surface area (Å²) in [7, 11) is 4.51. The Morgan fingerprint density at radius 2 is 1.80 bits per heavy atom. The van der Waals surface area contributed by atoms with Crippen molar-refractivity contribution in [3.8, 4) is 0 Å². The van der Waals surface area contributed by atoms with E-state index in [1.165, 1.54) is 31.2 Å². The van der Waals surface area contributed by atoms with E-state index in [9.17, 15) is 0 Å². The van der Waals surface area contributed by atoms with Crippen LogP contribution in [0.4, 0.5) is 0 Å². The Morgan fingerprint density at radius 3 is 2.30 bits per heavy atom. The molecular formula is C18H30N2. The van der Waals surface area contributed by atoms with Gasteiger partial charge in [0.25, 0.3) is 0 Å². The van der Waals surface area contributed by atoms with Gasteiger partial charge in [-0.3, -0.25) is 0 Å². The topological polar surface area (TPSA) is 15.3 Å². The average Bonchev–Trinajstić information content (AvgIpc) is 2.47. The Kier molecular flexibility index (Phi) is 5.22. The molecule has 0 spiro atoms. The highest BCUT2D eigenvalue weighted by Gasteiger charge is 2.43. The molecule has 0 radical (unpaired) electrons. The van der Waals surface area contributed by atoms with Gasteiger partial charge in [0.1, 0.15) is 0 Å². The van der Waals surface area contributed by atoms with Crippen LogP contribution in [-0.2, 0) is 0 Å². The van der Waals surface area contributed by atoms with E-state index in [1.807, 2.05) is 0 Å². The van der Waals surface area contributed by atoms with Gasteiger partial charge in [-0.15, -0.1) is 0 Å². The molecule has 0 saturated heterocycles. The van der Waals surface area contributed by atoms with Crippen molar-refractivity contribution < 1.29 is 0 Å². The lowest BCUT2D eigenvalue weighted by Gasteiger charge is -2.50. The number of benzene rings is 1. The molecule has 1 saturated carbocycles. The van der Waals surface area contributed by atoms with Crippen molar-refractivity contribution in [2.45, 2.75) is 51.1 Å². The number of rotatable bonds is 5. The summed E-state index contributed by atoms with van der Waals surface area (Å²) in [5.41, 5.74) is 1.68. The molecule has 2 rings (SSSR count). The molecule has 1 N–H and O–H groups in total. The third kappa shape index (κ3) is 3.07. The molecule has 0 heterocycles. The summed E-state index contributed by atoms with van der Waals surface area (Å²) in [6.45, 7) is 5.62. The van der Waals surface area contributed by atoms with Gasteiger partial charge in [-0.1, -0.05) is 44.2 Å². The highest BCUT2D eigenvalue weighted by Crippen LogP contribution is 2.43. The van der Waals surface area contributed by atoms with Gasteiger partial charge < -0.3 is 10.2 Å². The zero-order valence-corrected chi connectivity index (χ0v) is 13.5. The van der Waals surface area contributed by atoms with Crippen LogP contribution in [0.1, 0.15) is 51.1 Å².